The summed E-state index contributed by atoms with van der Waals surface area (Å²) >= 11 is 5.63. The fourth-order valence-electron chi connectivity index (χ4n) is 1.98. The Labute approximate surface area is 134 Å². The van der Waals surface area contributed by atoms with Crippen LogP contribution in [0.2, 0.25) is 5.02 Å². The largest absolute Gasteiger partial charge is 0.476 e. The third-order valence-electron chi connectivity index (χ3n) is 3.00. The smallest absolute Gasteiger partial charge is 0.358 e. The summed E-state index contributed by atoms with van der Waals surface area (Å²) < 4.78 is 40.4. The zero-order valence-corrected chi connectivity index (χ0v) is 12.8. The van der Waals surface area contributed by atoms with E-state index in [1.54, 1.807) is 14.1 Å². The van der Waals surface area contributed by atoms with Crippen LogP contribution in [0.3, 0.4) is 0 Å². The van der Waals surface area contributed by atoms with Crippen molar-refractivity contribution in [3.63, 3.8) is 0 Å². The molecule has 122 valence electrons. The van der Waals surface area contributed by atoms with E-state index in [1.165, 1.54) is 4.90 Å². The molecule has 0 amide bonds. The number of aromatic carboxylic acids is 1. The van der Waals surface area contributed by atoms with Crippen molar-refractivity contribution >= 4 is 23.4 Å². The quantitative estimate of drug-likeness (QED) is 0.916. The first-order chi connectivity index (χ1) is 10.7. The van der Waals surface area contributed by atoms with Crippen molar-refractivity contribution in [1.29, 1.82) is 0 Å². The number of anilines is 1. The summed E-state index contributed by atoms with van der Waals surface area (Å²) in [7, 11) is 3.08. The highest BCUT2D eigenvalue weighted by molar-refractivity contribution is 6.31. The van der Waals surface area contributed by atoms with Crippen LogP contribution in [0.5, 0.6) is 0 Å². The van der Waals surface area contributed by atoms with Gasteiger partial charge in [0.25, 0.3) is 6.43 Å². The van der Waals surface area contributed by atoms with Gasteiger partial charge in [-0.25, -0.2) is 27.9 Å². The molecule has 0 bridgehead atoms. The summed E-state index contributed by atoms with van der Waals surface area (Å²) in [6.45, 7) is 0. The number of benzene rings is 1. The zero-order chi connectivity index (χ0) is 17.3. The fourth-order valence-corrected chi connectivity index (χ4v) is 2.14. The molecule has 1 aromatic carbocycles. The zero-order valence-electron chi connectivity index (χ0n) is 12.0. The van der Waals surface area contributed by atoms with Crippen LogP contribution in [0.15, 0.2) is 18.3 Å². The molecule has 0 aliphatic carbocycles. The van der Waals surface area contributed by atoms with E-state index in [9.17, 15) is 23.1 Å². The van der Waals surface area contributed by atoms with E-state index in [0.717, 1.165) is 18.3 Å². The van der Waals surface area contributed by atoms with Gasteiger partial charge in [0.1, 0.15) is 0 Å². The second-order valence-electron chi connectivity index (χ2n) is 4.75. The van der Waals surface area contributed by atoms with Gasteiger partial charge in [-0.2, -0.15) is 0 Å². The van der Waals surface area contributed by atoms with E-state index in [2.05, 4.69) is 9.97 Å². The maximum absolute atomic E-state index is 14.2. The van der Waals surface area contributed by atoms with E-state index in [4.69, 9.17) is 11.6 Å². The number of rotatable bonds is 4. The number of carbonyl (C=O) groups is 1. The fraction of sp³-hybridized carbons (Fsp3) is 0.214. The molecule has 0 atom stereocenters. The highest BCUT2D eigenvalue weighted by atomic mass is 35.5. The standard InChI is InChI=1S/C14H11ClF3N3O2/c1-21(2)13-11(14(22)23)20-8(5-19-13)9-6(12(17)18)3-4-7(15)10(9)16/h3-5,12H,1-2H3,(H,22,23). The Kier molecular flexibility index (Phi) is 4.74. The lowest BCUT2D eigenvalue weighted by Gasteiger charge is -2.15. The van der Waals surface area contributed by atoms with Crippen LogP contribution >= 0.6 is 11.6 Å². The van der Waals surface area contributed by atoms with Crippen molar-refractivity contribution in [3.05, 3.63) is 40.4 Å². The molecule has 5 nitrogen and oxygen atoms in total. The molecule has 0 fully saturated rings. The molecule has 0 saturated heterocycles. The van der Waals surface area contributed by atoms with E-state index in [-0.39, 0.29) is 16.5 Å². The number of halogens is 4. The second-order valence-corrected chi connectivity index (χ2v) is 5.16. The molecule has 0 spiro atoms. The minimum Gasteiger partial charge on any atom is -0.476 e. The number of aromatic nitrogens is 2. The maximum atomic E-state index is 14.2. The molecule has 1 N–H and O–H groups in total. The third kappa shape index (κ3) is 3.21. The molecular formula is C14H11ClF3N3O2. The van der Waals surface area contributed by atoms with Gasteiger partial charge in [-0.15, -0.1) is 0 Å². The van der Waals surface area contributed by atoms with Crippen molar-refractivity contribution < 1.29 is 23.1 Å². The highest BCUT2D eigenvalue weighted by Gasteiger charge is 2.24. The lowest BCUT2D eigenvalue weighted by molar-refractivity contribution is 0.0691. The molecule has 1 heterocycles. The van der Waals surface area contributed by atoms with Crippen LogP contribution in [0, 0.1) is 5.82 Å². The SMILES string of the molecule is CN(C)c1ncc(-c2c(C(F)F)ccc(Cl)c2F)nc1C(=O)O. The molecule has 1 aromatic heterocycles. The van der Waals surface area contributed by atoms with Crippen molar-refractivity contribution in [3.8, 4) is 11.3 Å². The predicted molar refractivity (Wildman–Crippen MR) is 78.7 cm³/mol. The predicted octanol–water partition coefficient (Wildman–Crippen LogP) is 3.64. The average molecular weight is 346 g/mol. The summed E-state index contributed by atoms with van der Waals surface area (Å²) in [5, 5.41) is 8.82. The Bertz CT molecular complexity index is 769. The van der Waals surface area contributed by atoms with Gasteiger partial charge in [0, 0.05) is 25.2 Å². The van der Waals surface area contributed by atoms with E-state index in [0.29, 0.717) is 0 Å². The van der Waals surface area contributed by atoms with Crippen molar-refractivity contribution in [1.82, 2.24) is 9.97 Å². The summed E-state index contributed by atoms with van der Waals surface area (Å²) in [4.78, 5) is 20.3. The topological polar surface area (TPSA) is 66.3 Å². The first-order valence-corrected chi connectivity index (χ1v) is 6.66. The van der Waals surface area contributed by atoms with Crippen LogP contribution in [0.4, 0.5) is 19.0 Å². The molecule has 9 heteroatoms. The minimum absolute atomic E-state index is 0.0160. The molecule has 0 aliphatic heterocycles. The molecule has 0 aliphatic rings. The van der Waals surface area contributed by atoms with E-state index < -0.39 is 35.0 Å². The van der Waals surface area contributed by atoms with Gasteiger partial charge in [0.05, 0.1) is 16.9 Å². The van der Waals surface area contributed by atoms with Crippen LogP contribution in [-0.4, -0.2) is 35.1 Å². The molecule has 2 rings (SSSR count). The summed E-state index contributed by atoms with van der Waals surface area (Å²) in [6.07, 6.45) is -1.96. The van der Waals surface area contributed by atoms with Gasteiger partial charge in [-0.3, -0.25) is 0 Å². The summed E-state index contributed by atoms with van der Waals surface area (Å²) in [5.41, 5.74) is -2.02. The highest BCUT2D eigenvalue weighted by Crippen LogP contribution is 2.36. The molecule has 23 heavy (non-hydrogen) atoms. The Hall–Kier alpha value is -2.35. The van der Waals surface area contributed by atoms with E-state index in [1.807, 2.05) is 0 Å². The number of nitrogens with zero attached hydrogens (tertiary/aromatic N) is 3. The molecular weight excluding hydrogens is 335 g/mol. The number of hydrogen-bond acceptors (Lipinski definition) is 4. The van der Waals surface area contributed by atoms with Gasteiger partial charge in [-0.05, 0) is 6.07 Å². The van der Waals surface area contributed by atoms with Gasteiger partial charge in [0.15, 0.2) is 17.3 Å². The number of hydrogen-bond donors (Lipinski definition) is 1. The van der Waals surface area contributed by atoms with Crippen LogP contribution < -0.4 is 4.90 Å². The first-order valence-electron chi connectivity index (χ1n) is 6.28. The number of carboxylic acid groups (broad SMARTS) is 1. The van der Waals surface area contributed by atoms with Crippen LogP contribution in [0.1, 0.15) is 22.5 Å². The Morgan fingerprint density at radius 3 is 2.52 bits per heavy atom. The summed E-state index contributed by atoms with van der Waals surface area (Å²) in [6, 6.07) is 1.97. The molecule has 2 aromatic rings. The average Bonchev–Trinajstić information content (AvgIpc) is 2.48. The monoisotopic (exact) mass is 345 g/mol. The summed E-state index contributed by atoms with van der Waals surface area (Å²) in [5.74, 6) is -2.50. The first kappa shape index (κ1) is 17.0. The maximum Gasteiger partial charge on any atom is 0.358 e. The van der Waals surface area contributed by atoms with Crippen molar-refractivity contribution in [2.24, 2.45) is 0 Å². The van der Waals surface area contributed by atoms with E-state index >= 15 is 0 Å². The van der Waals surface area contributed by atoms with Crippen LogP contribution in [0.25, 0.3) is 11.3 Å². The lowest BCUT2D eigenvalue weighted by atomic mass is 10.0. The van der Waals surface area contributed by atoms with Gasteiger partial charge < -0.3 is 10.0 Å². The molecule has 0 unspecified atom stereocenters. The van der Waals surface area contributed by atoms with Crippen molar-refractivity contribution in [2.75, 3.05) is 19.0 Å². The third-order valence-corrected chi connectivity index (χ3v) is 3.29. The van der Waals surface area contributed by atoms with Gasteiger partial charge >= 0.3 is 5.97 Å². The Balaban J connectivity index is 2.75. The molecule has 0 radical (unpaired) electrons. The number of carboxylic acids is 1. The number of alkyl halides is 2. The molecule has 0 saturated carbocycles. The second kappa shape index (κ2) is 6.41. The normalized spacial score (nSPS) is 10.9. The lowest BCUT2D eigenvalue weighted by Crippen LogP contribution is -2.17. The Morgan fingerprint density at radius 1 is 1.35 bits per heavy atom. The van der Waals surface area contributed by atoms with Crippen LogP contribution in [-0.2, 0) is 0 Å². The minimum atomic E-state index is -2.99. The van der Waals surface area contributed by atoms with Crippen molar-refractivity contribution in [2.45, 2.75) is 6.43 Å². The van der Waals surface area contributed by atoms with Gasteiger partial charge in [-0.1, -0.05) is 17.7 Å². The Morgan fingerprint density at radius 2 is 2.00 bits per heavy atom. The van der Waals surface area contributed by atoms with Gasteiger partial charge in [0.2, 0.25) is 0 Å².